The molecule has 0 radical (unpaired) electrons. The second-order valence-corrected chi connectivity index (χ2v) is 5.73. The monoisotopic (exact) mass is 284 g/mol. The van der Waals surface area contributed by atoms with Crippen LogP contribution in [0.5, 0.6) is 0 Å². The van der Waals surface area contributed by atoms with E-state index in [0.717, 1.165) is 37.7 Å². The molecule has 0 amide bonds. The molecule has 1 aliphatic rings. The van der Waals surface area contributed by atoms with Gasteiger partial charge in [0.1, 0.15) is 11.5 Å². The predicted octanol–water partition coefficient (Wildman–Crippen LogP) is 3.65. The Bertz CT molecular complexity index is 603. The smallest absolute Gasteiger partial charge is 0.118 e. The van der Waals surface area contributed by atoms with Gasteiger partial charge in [-0.3, -0.25) is 0 Å². The fraction of sp³-hybridized carbons (Fsp3) is 0.444. The second-order valence-electron chi connectivity index (χ2n) is 5.73. The van der Waals surface area contributed by atoms with Gasteiger partial charge in [-0.05, 0) is 44.0 Å². The van der Waals surface area contributed by atoms with Crippen molar-refractivity contribution in [2.45, 2.75) is 39.8 Å². The molecule has 0 aliphatic carbocycles. The number of furan rings is 1. The zero-order valence-corrected chi connectivity index (χ0v) is 13.0. The van der Waals surface area contributed by atoms with E-state index in [0.29, 0.717) is 0 Å². The Morgan fingerprint density at radius 3 is 3.00 bits per heavy atom. The van der Waals surface area contributed by atoms with Crippen LogP contribution in [0.4, 0.5) is 5.69 Å². The van der Waals surface area contributed by atoms with E-state index in [1.54, 1.807) is 0 Å². The maximum absolute atomic E-state index is 5.86. The van der Waals surface area contributed by atoms with Crippen molar-refractivity contribution in [1.29, 1.82) is 0 Å². The van der Waals surface area contributed by atoms with Crippen LogP contribution in [0.15, 0.2) is 34.7 Å². The Morgan fingerprint density at radius 1 is 1.29 bits per heavy atom. The van der Waals surface area contributed by atoms with Crippen LogP contribution in [0.2, 0.25) is 0 Å². The lowest BCUT2D eigenvalue weighted by Gasteiger charge is -2.31. The highest BCUT2D eigenvalue weighted by Gasteiger charge is 2.18. The minimum absolute atomic E-state index is 0.813. The number of benzene rings is 1. The Morgan fingerprint density at radius 2 is 2.14 bits per heavy atom. The molecular weight excluding hydrogens is 260 g/mol. The maximum Gasteiger partial charge on any atom is 0.118 e. The number of anilines is 1. The van der Waals surface area contributed by atoms with Gasteiger partial charge in [0.25, 0.3) is 0 Å². The molecule has 2 aromatic rings. The van der Waals surface area contributed by atoms with Crippen molar-refractivity contribution in [3.05, 3.63) is 53.0 Å². The number of fused-ring (bicyclic) bond motifs is 1. The largest absolute Gasteiger partial charge is 0.465 e. The van der Waals surface area contributed by atoms with E-state index >= 15 is 0 Å². The molecule has 1 aromatic carbocycles. The fourth-order valence-electron chi connectivity index (χ4n) is 3.06. The summed E-state index contributed by atoms with van der Waals surface area (Å²) in [6.07, 6.45) is 2.43. The Labute approximate surface area is 127 Å². The standard InChI is InChI=1S/C18H24N2O/c1-3-19-12-17-11-16(14(2)21-17)13-20-10-6-8-15-7-4-5-9-18(15)20/h4-5,7,9,11,19H,3,6,8,10,12-13H2,1-2H3. The molecule has 0 unspecified atom stereocenters. The van der Waals surface area contributed by atoms with E-state index in [4.69, 9.17) is 4.42 Å². The molecule has 21 heavy (non-hydrogen) atoms. The molecule has 3 nitrogen and oxygen atoms in total. The lowest BCUT2D eigenvalue weighted by molar-refractivity contribution is 0.463. The van der Waals surface area contributed by atoms with Crippen LogP contribution in [0.1, 0.15) is 36.0 Å². The molecule has 112 valence electrons. The third kappa shape index (κ3) is 3.13. The first-order valence-electron chi connectivity index (χ1n) is 7.89. The van der Waals surface area contributed by atoms with Crippen LogP contribution in [0.25, 0.3) is 0 Å². The van der Waals surface area contributed by atoms with Crippen molar-refractivity contribution in [3.63, 3.8) is 0 Å². The van der Waals surface area contributed by atoms with Gasteiger partial charge in [0.05, 0.1) is 6.54 Å². The molecule has 0 spiro atoms. The van der Waals surface area contributed by atoms with Gasteiger partial charge >= 0.3 is 0 Å². The number of hydrogen-bond acceptors (Lipinski definition) is 3. The summed E-state index contributed by atoms with van der Waals surface area (Å²) in [4.78, 5) is 2.48. The molecular formula is C18H24N2O. The normalized spacial score (nSPS) is 14.3. The summed E-state index contributed by atoms with van der Waals surface area (Å²) >= 11 is 0. The van der Waals surface area contributed by atoms with E-state index in [9.17, 15) is 0 Å². The zero-order chi connectivity index (χ0) is 14.7. The average molecular weight is 284 g/mol. The van der Waals surface area contributed by atoms with Crippen LogP contribution >= 0.6 is 0 Å². The molecule has 0 fully saturated rings. The molecule has 0 bridgehead atoms. The van der Waals surface area contributed by atoms with E-state index in [1.807, 2.05) is 0 Å². The van der Waals surface area contributed by atoms with Crippen molar-refractivity contribution in [2.24, 2.45) is 0 Å². The minimum atomic E-state index is 0.813. The van der Waals surface area contributed by atoms with Gasteiger partial charge in [0.15, 0.2) is 0 Å². The summed E-state index contributed by atoms with van der Waals surface area (Å²) in [5, 5.41) is 3.32. The molecule has 3 rings (SSSR count). The van der Waals surface area contributed by atoms with Gasteiger partial charge in [0, 0.05) is 24.3 Å². The lowest BCUT2D eigenvalue weighted by atomic mass is 10.0. The number of para-hydroxylation sites is 1. The molecule has 0 saturated carbocycles. The van der Waals surface area contributed by atoms with Gasteiger partial charge in [-0.1, -0.05) is 25.1 Å². The lowest BCUT2D eigenvalue weighted by Crippen LogP contribution is -2.28. The summed E-state index contributed by atoms with van der Waals surface area (Å²) in [6.45, 7) is 8.03. The highest BCUT2D eigenvalue weighted by molar-refractivity contribution is 5.55. The van der Waals surface area contributed by atoms with Crippen LogP contribution in [-0.2, 0) is 19.5 Å². The van der Waals surface area contributed by atoms with Gasteiger partial charge in [-0.15, -0.1) is 0 Å². The van der Waals surface area contributed by atoms with Crippen molar-refractivity contribution in [1.82, 2.24) is 5.32 Å². The minimum Gasteiger partial charge on any atom is -0.465 e. The van der Waals surface area contributed by atoms with E-state index in [1.165, 1.54) is 29.7 Å². The summed E-state index contributed by atoms with van der Waals surface area (Å²) in [7, 11) is 0. The van der Waals surface area contributed by atoms with E-state index in [2.05, 4.69) is 54.4 Å². The van der Waals surface area contributed by atoms with Crippen LogP contribution < -0.4 is 10.2 Å². The highest BCUT2D eigenvalue weighted by atomic mass is 16.3. The quantitative estimate of drug-likeness (QED) is 0.908. The molecule has 0 saturated heterocycles. The first-order chi connectivity index (χ1) is 10.3. The SMILES string of the molecule is CCNCc1cc(CN2CCCc3ccccc32)c(C)o1. The Balaban J connectivity index is 1.77. The molecule has 1 aromatic heterocycles. The first kappa shape index (κ1) is 14.2. The summed E-state index contributed by atoms with van der Waals surface area (Å²) in [5.74, 6) is 2.08. The average Bonchev–Trinajstić information content (AvgIpc) is 2.86. The molecule has 1 N–H and O–H groups in total. The number of hydrogen-bond donors (Lipinski definition) is 1. The number of nitrogens with zero attached hydrogens (tertiary/aromatic N) is 1. The Kier molecular flexibility index (Phi) is 4.30. The third-order valence-electron chi connectivity index (χ3n) is 4.19. The van der Waals surface area contributed by atoms with Gasteiger partial charge in [-0.25, -0.2) is 0 Å². The molecule has 1 aliphatic heterocycles. The van der Waals surface area contributed by atoms with Crippen molar-refractivity contribution < 1.29 is 4.42 Å². The summed E-state index contributed by atoms with van der Waals surface area (Å²) in [5.41, 5.74) is 4.16. The van der Waals surface area contributed by atoms with Gasteiger partial charge < -0.3 is 14.6 Å². The Hall–Kier alpha value is -1.74. The molecule has 0 atom stereocenters. The van der Waals surface area contributed by atoms with Gasteiger partial charge in [-0.2, -0.15) is 0 Å². The van der Waals surface area contributed by atoms with Gasteiger partial charge in [0.2, 0.25) is 0 Å². The molecule has 3 heteroatoms. The molecule has 2 heterocycles. The van der Waals surface area contributed by atoms with Crippen LogP contribution in [0, 0.1) is 6.92 Å². The van der Waals surface area contributed by atoms with Crippen LogP contribution in [-0.4, -0.2) is 13.1 Å². The number of aryl methyl sites for hydroxylation is 2. The topological polar surface area (TPSA) is 28.4 Å². The third-order valence-corrected chi connectivity index (χ3v) is 4.19. The van der Waals surface area contributed by atoms with E-state index in [-0.39, 0.29) is 0 Å². The first-order valence-corrected chi connectivity index (χ1v) is 7.89. The maximum atomic E-state index is 5.86. The van der Waals surface area contributed by atoms with E-state index < -0.39 is 0 Å². The predicted molar refractivity (Wildman–Crippen MR) is 86.6 cm³/mol. The van der Waals surface area contributed by atoms with Crippen molar-refractivity contribution in [2.75, 3.05) is 18.0 Å². The van der Waals surface area contributed by atoms with Crippen molar-refractivity contribution >= 4 is 5.69 Å². The summed E-state index contributed by atoms with van der Waals surface area (Å²) < 4.78 is 5.86. The van der Waals surface area contributed by atoms with Crippen LogP contribution in [0.3, 0.4) is 0 Å². The second kappa shape index (κ2) is 6.35. The summed E-state index contributed by atoms with van der Waals surface area (Å²) in [6, 6.07) is 11.0. The number of nitrogens with one attached hydrogen (secondary N) is 1. The fourth-order valence-corrected chi connectivity index (χ4v) is 3.06. The zero-order valence-electron chi connectivity index (χ0n) is 13.0. The number of rotatable bonds is 5. The van der Waals surface area contributed by atoms with Crippen molar-refractivity contribution in [3.8, 4) is 0 Å². The highest BCUT2D eigenvalue weighted by Crippen LogP contribution is 2.29.